The van der Waals surface area contributed by atoms with E-state index in [-0.39, 0.29) is 6.04 Å². The highest BCUT2D eigenvalue weighted by Crippen LogP contribution is 2.26. The van der Waals surface area contributed by atoms with E-state index in [1.807, 2.05) is 37.3 Å². The molecule has 0 aliphatic carbocycles. The van der Waals surface area contributed by atoms with E-state index in [4.69, 9.17) is 11.6 Å². The Morgan fingerprint density at radius 1 is 1.56 bits per heavy atom. The van der Waals surface area contributed by atoms with Gasteiger partial charge in [0.1, 0.15) is 0 Å². The zero-order valence-electron chi connectivity index (χ0n) is 9.27. The summed E-state index contributed by atoms with van der Waals surface area (Å²) in [6.45, 7) is 0. The Morgan fingerprint density at radius 2 is 2.38 bits per heavy atom. The fourth-order valence-electron chi connectivity index (χ4n) is 1.72. The van der Waals surface area contributed by atoms with Crippen molar-refractivity contribution in [2.24, 2.45) is 7.05 Å². The highest BCUT2D eigenvalue weighted by Gasteiger charge is 2.14. The molecule has 0 saturated heterocycles. The number of thiophene rings is 1. The molecule has 5 heteroatoms. The standard InChI is InChI=1S/C11H14ClN3S/c1-13-9(10-6-14-7-15(10)2)5-8-3-4-11(12)16-8/h3-4,6-7,9,13H,5H2,1-2H3. The molecule has 2 rings (SSSR count). The number of nitrogens with zero attached hydrogens (tertiary/aromatic N) is 2. The minimum atomic E-state index is 0.280. The molecule has 0 fully saturated rings. The van der Waals surface area contributed by atoms with Gasteiger partial charge in [0.05, 0.1) is 22.4 Å². The molecule has 0 aliphatic heterocycles. The second-order valence-corrected chi connectivity index (χ2v) is 5.48. The Hall–Kier alpha value is -0.840. The molecule has 0 aliphatic rings. The maximum atomic E-state index is 5.92. The zero-order valence-corrected chi connectivity index (χ0v) is 10.8. The van der Waals surface area contributed by atoms with Crippen LogP contribution < -0.4 is 5.32 Å². The normalized spacial score (nSPS) is 12.9. The fourth-order valence-corrected chi connectivity index (χ4v) is 2.85. The molecule has 16 heavy (non-hydrogen) atoms. The summed E-state index contributed by atoms with van der Waals surface area (Å²) < 4.78 is 2.88. The third-order valence-corrected chi connectivity index (χ3v) is 3.85. The fraction of sp³-hybridized carbons (Fsp3) is 0.364. The summed E-state index contributed by atoms with van der Waals surface area (Å²) in [5, 5.41) is 3.31. The lowest BCUT2D eigenvalue weighted by Gasteiger charge is -2.15. The zero-order chi connectivity index (χ0) is 11.5. The third kappa shape index (κ3) is 2.45. The molecule has 1 N–H and O–H groups in total. The smallest absolute Gasteiger partial charge is 0.0946 e. The Kier molecular flexibility index (Phi) is 3.63. The number of hydrogen-bond acceptors (Lipinski definition) is 3. The topological polar surface area (TPSA) is 29.9 Å². The molecule has 2 heterocycles. The number of likely N-dealkylation sites (N-methyl/N-ethyl adjacent to an activating group) is 1. The number of rotatable bonds is 4. The van der Waals surface area contributed by atoms with Gasteiger partial charge in [-0.2, -0.15) is 0 Å². The average molecular weight is 256 g/mol. The summed E-state index contributed by atoms with van der Waals surface area (Å²) in [5.41, 5.74) is 1.19. The van der Waals surface area contributed by atoms with Crippen molar-refractivity contribution < 1.29 is 0 Å². The summed E-state index contributed by atoms with van der Waals surface area (Å²) in [6, 6.07) is 4.30. The van der Waals surface area contributed by atoms with Crippen molar-refractivity contribution in [2.45, 2.75) is 12.5 Å². The lowest BCUT2D eigenvalue weighted by atomic mass is 10.1. The van der Waals surface area contributed by atoms with Crippen LogP contribution in [0.2, 0.25) is 4.34 Å². The third-order valence-electron chi connectivity index (χ3n) is 2.59. The molecule has 0 bridgehead atoms. The maximum Gasteiger partial charge on any atom is 0.0946 e. The van der Waals surface area contributed by atoms with E-state index in [0.29, 0.717) is 0 Å². The van der Waals surface area contributed by atoms with E-state index in [2.05, 4.69) is 16.4 Å². The monoisotopic (exact) mass is 255 g/mol. The molecule has 0 spiro atoms. The molecule has 2 aromatic heterocycles. The number of hydrogen-bond donors (Lipinski definition) is 1. The number of imidazole rings is 1. The van der Waals surface area contributed by atoms with Crippen molar-refractivity contribution in [3.63, 3.8) is 0 Å². The van der Waals surface area contributed by atoms with Crippen molar-refractivity contribution in [1.29, 1.82) is 0 Å². The van der Waals surface area contributed by atoms with Crippen LogP contribution in [0.25, 0.3) is 0 Å². The molecule has 3 nitrogen and oxygen atoms in total. The van der Waals surface area contributed by atoms with Gasteiger partial charge in [0.25, 0.3) is 0 Å². The first-order valence-corrected chi connectivity index (χ1v) is 6.28. The summed E-state index contributed by atoms with van der Waals surface area (Å²) in [4.78, 5) is 5.42. The van der Waals surface area contributed by atoms with Crippen molar-refractivity contribution in [3.05, 3.63) is 39.6 Å². The predicted octanol–water partition coefficient (Wildman–Crippen LogP) is 2.64. The summed E-state index contributed by atoms with van der Waals surface area (Å²) >= 11 is 7.55. The minimum absolute atomic E-state index is 0.280. The van der Waals surface area contributed by atoms with Crippen molar-refractivity contribution in [1.82, 2.24) is 14.9 Å². The quantitative estimate of drug-likeness (QED) is 0.910. The van der Waals surface area contributed by atoms with Gasteiger partial charge in [0, 0.05) is 24.5 Å². The Morgan fingerprint density at radius 3 is 2.88 bits per heavy atom. The minimum Gasteiger partial charge on any atom is -0.336 e. The number of halogens is 1. The van der Waals surface area contributed by atoms with Crippen LogP contribution >= 0.6 is 22.9 Å². The Labute approximate surface area is 104 Å². The van der Waals surface area contributed by atoms with Crippen LogP contribution in [0, 0.1) is 0 Å². The Balaban J connectivity index is 2.15. The van der Waals surface area contributed by atoms with Crippen LogP contribution in [-0.2, 0) is 13.5 Å². The molecule has 0 radical (unpaired) electrons. The van der Waals surface area contributed by atoms with Gasteiger partial charge in [-0.3, -0.25) is 0 Å². The average Bonchev–Trinajstić information content (AvgIpc) is 2.84. The molecular weight excluding hydrogens is 242 g/mol. The predicted molar refractivity (Wildman–Crippen MR) is 68.0 cm³/mol. The lowest BCUT2D eigenvalue weighted by Crippen LogP contribution is -2.20. The van der Waals surface area contributed by atoms with Gasteiger partial charge in [0.2, 0.25) is 0 Å². The van der Waals surface area contributed by atoms with Gasteiger partial charge in [-0.05, 0) is 19.2 Å². The summed E-state index contributed by atoms with van der Waals surface area (Å²) in [6.07, 6.45) is 4.66. The van der Waals surface area contributed by atoms with Crippen molar-refractivity contribution in [2.75, 3.05) is 7.05 Å². The molecule has 0 aromatic carbocycles. The molecule has 86 valence electrons. The molecule has 0 saturated carbocycles. The second-order valence-electron chi connectivity index (χ2n) is 3.68. The van der Waals surface area contributed by atoms with Crippen LogP contribution in [0.5, 0.6) is 0 Å². The summed E-state index contributed by atoms with van der Waals surface area (Å²) in [7, 11) is 3.97. The molecular formula is C11H14ClN3S. The van der Waals surface area contributed by atoms with Gasteiger partial charge < -0.3 is 9.88 Å². The van der Waals surface area contributed by atoms with E-state index in [1.54, 1.807) is 11.3 Å². The maximum absolute atomic E-state index is 5.92. The molecule has 1 atom stereocenters. The van der Waals surface area contributed by atoms with Crippen LogP contribution in [0.3, 0.4) is 0 Å². The van der Waals surface area contributed by atoms with Gasteiger partial charge >= 0.3 is 0 Å². The van der Waals surface area contributed by atoms with Crippen molar-refractivity contribution >= 4 is 22.9 Å². The molecule has 2 aromatic rings. The first-order chi connectivity index (χ1) is 7.70. The lowest BCUT2D eigenvalue weighted by molar-refractivity contribution is 0.559. The first kappa shape index (κ1) is 11.6. The second kappa shape index (κ2) is 4.99. The SMILES string of the molecule is CNC(Cc1ccc(Cl)s1)c1cncn1C. The van der Waals surface area contributed by atoms with Gasteiger partial charge in [-0.25, -0.2) is 4.98 Å². The number of aromatic nitrogens is 2. The van der Waals surface area contributed by atoms with E-state index >= 15 is 0 Å². The first-order valence-electron chi connectivity index (χ1n) is 5.08. The van der Waals surface area contributed by atoms with Crippen LogP contribution in [0.15, 0.2) is 24.7 Å². The molecule has 1 unspecified atom stereocenters. The largest absolute Gasteiger partial charge is 0.336 e. The van der Waals surface area contributed by atoms with Crippen LogP contribution in [0.1, 0.15) is 16.6 Å². The van der Waals surface area contributed by atoms with E-state index in [9.17, 15) is 0 Å². The highest BCUT2D eigenvalue weighted by atomic mass is 35.5. The van der Waals surface area contributed by atoms with Gasteiger partial charge in [0.15, 0.2) is 0 Å². The van der Waals surface area contributed by atoms with Crippen LogP contribution in [-0.4, -0.2) is 16.6 Å². The van der Waals surface area contributed by atoms with Gasteiger partial charge in [-0.1, -0.05) is 11.6 Å². The van der Waals surface area contributed by atoms with E-state index in [1.165, 1.54) is 10.6 Å². The van der Waals surface area contributed by atoms with Crippen molar-refractivity contribution in [3.8, 4) is 0 Å². The number of aryl methyl sites for hydroxylation is 1. The molecule has 0 amide bonds. The Bertz CT molecular complexity index is 463. The van der Waals surface area contributed by atoms with Gasteiger partial charge in [-0.15, -0.1) is 11.3 Å². The highest BCUT2D eigenvalue weighted by molar-refractivity contribution is 7.16. The summed E-state index contributed by atoms with van der Waals surface area (Å²) in [5.74, 6) is 0. The number of nitrogens with one attached hydrogen (secondary N) is 1. The van der Waals surface area contributed by atoms with Crippen LogP contribution in [0.4, 0.5) is 0 Å². The van der Waals surface area contributed by atoms with E-state index < -0.39 is 0 Å². The van der Waals surface area contributed by atoms with E-state index in [0.717, 1.165) is 10.8 Å².